The number of amides is 1. The van der Waals surface area contributed by atoms with Gasteiger partial charge >= 0.3 is 0 Å². The van der Waals surface area contributed by atoms with E-state index in [2.05, 4.69) is 6.58 Å². The van der Waals surface area contributed by atoms with E-state index in [0.29, 0.717) is 0 Å². The topological polar surface area (TPSA) is 60.8 Å². The van der Waals surface area contributed by atoms with E-state index in [0.717, 1.165) is 12.8 Å². The molecule has 4 heteroatoms. The van der Waals surface area contributed by atoms with Crippen LogP contribution < -0.4 is 0 Å². The Balaban J connectivity index is 2.98. The van der Waals surface area contributed by atoms with Crippen LogP contribution in [0, 0.1) is 5.92 Å². The molecule has 92 valence electrons. The summed E-state index contributed by atoms with van der Waals surface area (Å²) in [5.41, 5.74) is 0. The Bertz CT molecular complexity index is 267. The summed E-state index contributed by atoms with van der Waals surface area (Å²) in [5, 5.41) is 19.5. The molecule has 0 radical (unpaired) electrons. The largest absolute Gasteiger partial charge is 0.394 e. The van der Waals surface area contributed by atoms with Crippen LogP contribution in [0.3, 0.4) is 0 Å². The Morgan fingerprint density at radius 2 is 2.12 bits per heavy atom. The van der Waals surface area contributed by atoms with Crippen LogP contribution in [0.25, 0.3) is 0 Å². The third-order valence-electron chi connectivity index (χ3n) is 3.35. The first-order chi connectivity index (χ1) is 7.58. The van der Waals surface area contributed by atoms with Crippen LogP contribution in [0.5, 0.6) is 0 Å². The number of hydrogen-bond donors (Lipinski definition) is 2. The standard InChI is InChI=1S/C12H21NO3/c1-4-6-10-12(16)9(5-2)11(7-14)13(10)8(3)15/h5,9-12,14,16H,2,4,6-7H2,1,3H3. The molecule has 4 unspecified atom stereocenters. The van der Waals surface area contributed by atoms with E-state index in [-0.39, 0.29) is 30.5 Å². The van der Waals surface area contributed by atoms with Gasteiger partial charge < -0.3 is 15.1 Å². The highest BCUT2D eigenvalue weighted by Crippen LogP contribution is 2.33. The SMILES string of the molecule is C=CC1C(O)C(CCC)N(C(C)=O)C1CO. The van der Waals surface area contributed by atoms with E-state index in [1.54, 1.807) is 11.0 Å². The van der Waals surface area contributed by atoms with Gasteiger partial charge in [0.15, 0.2) is 0 Å². The summed E-state index contributed by atoms with van der Waals surface area (Å²) in [6.07, 6.45) is 2.67. The maximum Gasteiger partial charge on any atom is 0.220 e. The van der Waals surface area contributed by atoms with Crippen molar-refractivity contribution in [1.82, 2.24) is 4.90 Å². The number of nitrogens with zero attached hydrogens (tertiary/aromatic N) is 1. The van der Waals surface area contributed by atoms with Gasteiger partial charge in [-0.2, -0.15) is 0 Å². The lowest BCUT2D eigenvalue weighted by molar-refractivity contribution is -0.133. The summed E-state index contributed by atoms with van der Waals surface area (Å²) in [4.78, 5) is 13.2. The van der Waals surface area contributed by atoms with Crippen LogP contribution in [0.1, 0.15) is 26.7 Å². The quantitative estimate of drug-likeness (QED) is 0.689. The fourth-order valence-electron chi connectivity index (χ4n) is 2.66. The fourth-order valence-corrected chi connectivity index (χ4v) is 2.66. The molecular formula is C12H21NO3. The Labute approximate surface area is 96.6 Å². The van der Waals surface area contributed by atoms with Crippen LogP contribution in [-0.4, -0.2) is 45.8 Å². The van der Waals surface area contributed by atoms with Gasteiger partial charge in [0.25, 0.3) is 0 Å². The highest BCUT2D eigenvalue weighted by atomic mass is 16.3. The molecule has 1 aliphatic rings. The zero-order valence-corrected chi connectivity index (χ0v) is 9.97. The van der Waals surface area contributed by atoms with E-state index in [1.165, 1.54) is 6.92 Å². The molecule has 0 saturated carbocycles. The predicted octanol–water partition coefficient (Wildman–Crippen LogP) is 0.541. The lowest BCUT2D eigenvalue weighted by Gasteiger charge is -2.28. The highest BCUT2D eigenvalue weighted by molar-refractivity contribution is 5.74. The van der Waals surface area contributed by atoms with Gasteiger partial charge in [-0.1, -0.05) is 19.4 Å². The molecule has 1 fully saturated rings. The van der Waals surface area contributed by atoms with Gasteiger partial charge in [-0.15, -0.1) is 6.58 Å². The minimum Gasteiger partial charge on any atom is -0.394 e. The van der Waals surface area contributed by atoms with Gasteiger partial charge in [-0.25, -0.2) is 0 Å². The highest BCUT2D eigenvalue weighted by Gasteiger charge is 2.47. The average Bonchev–Trinajstić information content (AvgIpc) is 2.52. The number of aliphatic hydroxyl groups is 2. The summed E-state index contributed by atoms with van der Waals surface area (Å²) in [6, 6.07) is -0.524. The van der Waals surface area contributed by atoms with E-state index < -0.39 is 6.10 Å². The van der Waals surface area contributed by atoms with E-state index in [9.17, 15) is 15.0 Å². The van der Waals surface area contributed by atoms with Gasteiger partial charge in [-0.3, -0.25) is 4.79 Å². The monoisotopic (exact) mass is 227 g/mol. The molecule has 0 aromatic heterocycles. The fraction of sp³-hybridized carbons (Fsp3) is 0.750. The minimum atomic E-state index is -0.613. The number of rotatable bonds is 4. The van der Waals surface area contributed by atoms with Crippen LogP contribution in [0.2, 0.25) is 0 Å². The van der Waals surface area contributed by atoms with Crippen molar-refractivity contribution in [3.63, 3.8) is 0 Å². The van der Waals surface area contributed by atoms with Gasteiger partial charge in [0.2, 0.25) is 5.91 Å². The molecule has 2 N–H and O–H groups in total. The third-order valence-corrected chi connectivity index (χ3v) is 3.35. The molecule has 16 heavy (non-hydrogen) atoms. The Hall–Kier alpha value is -0.870. The van der Waals surface area contributed by atoms with Crippen molar-refractivity contribution >= 4 is 5.91 Å². The summed E-state index contributed by atoms with van der Waals surface area (Å²) in [7, 11) is 0. The van der Waals surface area contributed by atoms with Crippen molar-refractivity contribution in [2.75, 3.05) is 6.61 Å². The molecule has 0 aromatic rings. The normalized spacial score (nSPS) is 34.1. The molecule has 1 saturated heterocycles. The van der Waals surface area contributed by atoms with Crippen LogP contribution in [0.4, 0.5) is 0 Å². The summed E-state index contributed by atoms with van der Waals surface area (Å²) in [5.74, 6) is -0.327. The molecular weight excluding hydrogens is 206 g/mol. The lowest BCUT2D eigenvalue weighted by Crippen LogP contribution is -2.43. The van der Waals surface area contributed by atoms with Crippen molar-refractivity contribution < 1.29 is 15.0 Å². The van der Waals surface area contributed by atoms with Crippen molar-refractivity contribution in [2.45, 2.75) is 44.9 Å². The van der Waals surface area contributed by atoms with Crippen molar-refractivity contribution in [3.8, 4) is 0 Å². The molecule has 0 aliphatic carbocycles. The molecule has 0 bridgehead atoms. The van der Waals surface area contributed by atoms with Gasteiger partial charge in [0.05, 0.1) is 24.8 Å². The van der Waals surface area contributed by atoms with E-state index in [1.807, 2.05) is 6.92 Å². The Kier molecular flexibility index (Phi) is 4.50. The second kappa shape index (κ2) is 5.46. The Morgan fingerprint density at radius 3 is 2.50 bits per heavy atom. The second-order valence-electron chi connectivity index (χ2n) is 4.34. The van der Waals surface area contributed by atoms with Crippen LogP contribution in [-0.2, 0) is 4.79 Å². The van der Waals surface area contributed by atoms with E-state index in [4.69, 9.17) is 0 Å². The molecule has 1 heterocycles. The summed E-state index contributed by atoms with van der Waals surface area (Å²) < 4.78 is 0. The predicted molar refractivity (Wildman–Crippen MR) is 61.8 cm³/mol. The second-order valence-corrected chi connectivity index (χ2v) is 4.34. The average molecular weight is 227 g/mol. The van der Waals surface area contributed by atoms with Crippen LogP contribution >= 0.6 is 0 Å². The number of carbonyl (C=O) groups is 1. The van der Waals surface area contributed by atoms with Gasteiger partial charge in [0, 0.05) is 12.8 Å². The summed E-state index contributed by atoms with van der Waals surface area (Å²) >= 11 is 0. The van der Waals surface area contributed by atoms with Gasteiger partial charge in [0.1, 0.15) is 0 Å². The van der Waals surface area contributed by atoms with E-state index >= 15 is 0 Å². The number of likely N-dealkylation sites (tertiary alicyclic amines) is 1. The lowest BCUT2D eigenvalue weighted by atomic mass is 9.95. The minimum absolute atomic E-state index is 0.0964. The molecule has 1 rings (SSSR count). The van der Waals surface area contributed by atoms with Gasteiger partial charge in [-0.05, 0) is 6.42 Å². The van der Waals surface area contributed by atoms with Crippen LogP contribution in [0.15, 0.2) is 12.7 Å². The third kappa shape index (κ3) is 2.13. The van der Waals surface area contributed by atoms with Crippen molar-refractivity contribution in [1.29, 1.82) is 0 Å². The first-order valence-corrected chi connectivity index (χ1v) is 5.78. The smallest absolute Gasteiger partial charge is 0.220 e. The molecule has 0 spiro atoms. The zero-order valence-electron chi connectivity index (χ0n) is 9.97. The molecule has 0 aromatic carbocycles. The maximum absolute atomic E-state index is 11.6. The summed E-state index contributed by atoms with van der Waals surface area (Å²) in [6.45, 7) is 7.03. The number of aliphatic hydroxyl groups excluding tert-OH is 2. The van der Waals surface area contributed by atoms with Crippen molar-refractivity contribution in [2.24, 2.45) is 5.92 Å². The molecule has 1 amide bonds. The molecule has 4 nitrogen and oxygen atoms in total. The van der Waals surface area contributed by atoms with Crippen molar-refractivity contribution in [3.05, 3.63) is 12.7 Å². The number of hydrogen-bond acceptors (Lipinski definition) is 3. The Morgan fingerprint density at radius 1 is 1.50 bits per heavy atom. The molecule has 1 aliphatic heterocycles. The first-order valence-electron chi connectivity index (χ1n) is 5.78. The zero-order chi connectivity index (χ0) is 12.3. The first kappa shape index (κ1) is 13.2. The molecule has 4 atom stereocenters. The maximum atomic E-state index is 11.6. The number of carbonyl (C=O) groups excluding carboxylic acids is 1.